The molecule has 0 saturated carbocycles. The van der Waals surface area contributed by atoms with Crippen molar-refractivity contribution in [1.29, 1.82) is 5.26 Å². The molecule has 180 valence electrons. The van der Waals surface area contributed by atoms with Gasteiger partial charge >= 0.3 is 0 Å². The maximum Gasteiger partial charge on any atom is 0.171 e. The number of hydrogen-bond donors (Lipinski definition) is 2. The first kappa shape index (κ1) is 22.8. The summed E-state index contributed by atoms with van der Waals surface area (Å²) in [5.74, 6) is -0.444. The van der Waals surface area contributed by atoms with Crippen LogP contribution in [0.25, 0.3) is 5.52 Å². The van der Waals surface area contributed by atoms with Crippen molar-refractivity contribution in [2.75, 3.05) is 31.2 Å². The molecule has 0 saturated heterocycles. The van der Waals surface area contributed by atoms with E-state index in [2.05, 4.69) is 39.5 Å². The molecule has 2 aliphatic heterocycles. The van der Waals surface area contributed by atoms with Gasteiger partial charge in [0.1, 0.15) is 17.3 Å². The maximum absolute atomic E-state index is 14.7. The van der Waals surface area contributed by atoms with Crippen LogP contribution in [0.3, 0.4) is 0 Å². The number of aromatic nitrogens is 4. The van der Waals surface area contributed by atoms with E-state index >= 15 is 0 Å². The SMILES string of the molecule is C[C@@H]1CN(c2ccc(C#N)n3ncc(F)c23)Cc2c3c(nn21)CN(CC(C)(CO)CO)[C@@H](C)C3. The van der Waals surface area contributed by atoms with Crippen LogP contribution in [0.4, 0.5) is 10.1 Å². The molecule has 3 aromatic rings. The van der Waals surface area contributed by atoms with Crippen LogP contribution < -0.4 is 4.90 Å². The van der Waals surface area contributed by atoms with Crippen molar-refractivity contribution in [2.45, 2.75) is 52.4 Å². The Morgan fingerprint density at radius 3 is 2.68 bits per heavy atom. The highest BCUT2D eigenvalue weighted by atomic mass is 19.1. The van der Waals surface area contributed by atoms with Gasteiger partial charge in [-0.25, -0.2) is 8.91 Å². The molecule has 2 N–H and O–H groups in total. The minimum Gasteiger partial charge on any atom is -0.396 e. The summed E-state index contributed by atoms with van der Waals surface area (Å²) < 4.78 is 18.2. The number of halogens is 1. The average Bonchev–Trinajstić information content (AvgIpc) is 3.39. The van der Waals surface area contributed by atoms with E-state index in [1.165, 1.54) is 10.1 Å². The molecule has 2 atom stereocenters. The Labute approximate surface area is 197 Å². The van der Waals surface area contributed by atoms with Crippen molar-refractivity contribution in [3.05, 3.63) is 46.8 Å². The van der Waals surface area contributed by atoms with E-state index in [0.29, 0.717) is 43.1 Å². The minimum atomic E-state index is -0.564. The summed E-state index contributed by atoms with van der Waals surface area (Å²) in [6.07, 6.45) is 1.98. The molecule has 3 aromatic heterocycles. The zero-order valence-corrected chi connectivity index (χ0v) is 19.7. The van der Waals surface area contributed by atoms with Gasteiger partial charge in [0.15, 0.2) is 5.82 Å². The maximum atomic E-state index is 14.7. The molecule has 0 spiro atoms. The van der Waals surface area contributed by atoms with Crippen LogP contribution in [0.15, 0.2) is 18.3 Å². The summed E-state index contributed by atoms with van der Waals surface area (Å²) in [6, 6.07) is 5.88. The van der Waals surface area contributed by atoms with E-state index in [0.717, 1.165) is 24.0 Å². The van der Waals surface area contributed by atoms with Crippen LogP contribution in [-0.4, -0.2) is 66.9 Å². The zero-order chi connectivity index (χ0) is 24.2. The third kappa shape index (κ3) is 3.55. The van der Waals surface area contributed by atoms with Crippen LogP contribution in [0.2, 0.25) is 0 Å². The molecule has 0 unspecified atom stereocenters. The lowest BCUT2D eigenvalue weighted by Crippen LogP contribution is -2.47. The van der Waals surface area contributed by atoms with Crippen molar-refractivity contribution >= 4 is 11.2 Å². The Bertz CT molecular complexity index is 1270. The lowest BCUT2D eigenvalue weighted by Gasteiger charge is -2.39. The predicted octanol–water partition coefficient (Wildman–Crippen LogP) is 1.86. The molecule has 9 nitrogen and oxygen atoms in total. The molecule has 5 heterocycles. The first-order valence-corrected chi connectivity index (χ1v) is 11.6. The summed E-state index contributed by atoms with van der Waals surface area (Å²) in [7, 11) is 0. The van der Waals surface area contributed by atoms with Crippen LogP contribution in [-0.2, 0) is 19.5 Å². The third-order valence-electron chi connectivity index (χ3n) is 7.32. The Morgan fingerprint density at radius 1 is 1.21 bits per heavy atom. The number of rotatable bonds is 5. The molecule has 0 aromatic carbocycles. The van der Waals surface area contributed by atoms with Gasteiger partial charge in [-0.2, -0.15) is 15.5 Å². The first-order chi connectivity index (χ1) is 16.3. The number of fused-ring (bicyclic) bond motifs is 4. The van der Waals surface area contributed by atoms with Gasteiger partial charge in [0.25, 0.3) is 0 Å². The lowest BCUT2D eigenvalue weighted by molar-refractivity contribution is 0.0176. The first-order valence-electron chi connectivity index (χ1n) is 11.6. The molecule has 2 aliphatic rings. The number of nitriles is 1. The monoisotopic (exact) mass is 467 g/mol. The van der Waals surface area contributed by atoms with E-state index in [4.69, 9.17) is 5.10 Å². The van der Waals surface area contributed by atoms with E-state index < -0.39 is 11.2 Å². The number of aliphatic hydroxyl groups excluding tert-OH is 2. The molecular formula is C24H30FN7O2. The highest BCUT2D eigenvalue weighted by molar-refractivity contribution is 5.75. The molecule has 0 bridgehead atoms. The van der Waals surface area contributed by atoms with Crippen molar-refractivity contribution in [1.82, 2.24) is 24.3 Å². The number of aliphatic hydroxyl groups is 2. The second-order valence-electron chi connectivity index (χ2n) is 10.1. The number of anilines is 1. The van der Waals surface area contributed by atoms with E-state index in [-0.39, 0.29) is 25.3 Å². The number of nitrogens with zero attached hydrogens (tertiary/aromatic N) is 7. The largest absolute Gasteiger partial charge is 0.396 e. The van der Waals surface area contributed by atoms with Gasteiger partial charge in [0.2, 0.25) is 0 Å². The predicted molar refractivity (Wildman–Crippen MR) is 124 cm³/mol. The van der Waals surface area contributed by atoms with Crippen LogP contribution in [0.1, 0.15) is 49.5 Å². The molecule has 0 fully saturated rings. The second kappa shape index (κ2) is 8.34. The van der Waals surface area contributed by atoms with Crippen molar-refractivity contribution < 1.29 is 14.6 Å². The van der Waals surface area contributed by atoms with Gasteiger partial charge < -0.3 is 15.1 Å². The van der Waals surface area contributed by atoms with Crippen molar-refractivity contribution in [3.63, 3.8) is 0 Å². The highest BCUT2D eigenvalue weighted by Crippen LogP contribution is 2.36. The van der Waals surface area contributed by atoms with Crippen molar-refractivity contribution in [2.24, 2.45) is 5.41 Å². The van der Waals surface area contributed by atoms with Crippen LogP contribution >= 0.6 is 0 Å². The van der Waals surface area contributed by atoms with Gasteiger partial charge in [0, 0.05) is 36.7 Å². The lowest BCUT2D eigenvalue weighted by atomic mass is 9.89. The molecule has 0 radical (unpaired) electrons. The summed E-state index contributed by atoms with van der Waals surface area (Å²) in [5, 5.41) is 37.9. The van der Waals surface area contributed by atoms with Crippen LogP contribution in [0.5, 0.6) is 0 Å². The van der Waals surface area contributed by atoms with Gasteiger partial charge in [-0.3, -0.25) is 9.58 Å². The van der Waals surface area contributed by atoms with Gasteiger partial charge in [-0.1, -0.05) is 6.92 Å². The minimum absolute atomic E-state index is 0.0739. The average molecular weight is 468 g/mol. The highest BCUT2D eigenvalue weighted by Gasteiger charge is 2.36. The fraction of sp³-hybridized carbons (Fsp3) is 0.542. The quantitative estimate of drug-likeness (QED) is 0.590. The zero-order valence-electron chi connectivity index (χ0n) is 19.7. The van der Waals surface area contributed by atoms with E-state index in [9.17, 15) is 19.9 Å². The summed E-state index contributed by atoms with van der Waals surface area (Å²) in [4.78, 5) is 4.43. The third-order valence-corrected chi connectivity index (χ3v) is 7.32. The Balaban J connectivity index is 1.48. The topological polar surface area (TPSA) is 106 Å². The van der Waals surface area contributed by atoms with Gasteiger partial charge in [-0.05, 0) is 32.4 Å². The molecule has 0 amide bonds. The van der Waals surface area contributed by atoms with Gasteiger partial charge in [0.05, 0.1) is 49.1 Å². The Hall–Kier alpha value is -3.00. The smallest absolute Gasteiger partial charge is 0.171 e. The Morgan fingerprint density at radius 2 is 1.97 bits per heavy atom. The Kier molecular flexibility index (Phi) is 5.59. The molecule has 10 heteroatoms. The van der Waals surface area contributed by atoms with Gasteiger partial charge in [-0.15, -0.1) is 0 Å². The molecule has 0 aliphatic carbocycles. The normalized spacial score (nSPS) is 20.9. The van der Waals surface area contributed by atoms with E-state index in [1.54, 1.807) is 12.1 Å². The molecule has 34 heavy (non-hydrogen) atoms. The second-order valence-corrected chi connectivity index (χ2v) is 10.1. The fourth-order valence-corrected chi connectivity index (χ4v) is 5.29. The summed E-state index contributed by atoms with van der Waals surface area (Å²) in [6.45, 7) is 8.52. The molecule has 5 rings (SSSR count). The number of hydrogen-bond acceptors (Lipinski definition) is 7. The summed E-state index contributed by atoms with van der Waals surface area (Å²) >= 11 is 0. The van der Waals surface area contributed by atoms with E-state index in [1.807, 2.05) is 6.92 Å². The summed E-state index contributed by atoms with van der Waals surface area (Å²) in [5.41, 5.74) is 4.16. The van der Waals surface area contributed by atoms with Crippen LogP contribution in [0, 0.1) is 22.6 Å². The number of pyridine rings is 1. The van der Waals surface area contributed by atoms with Crippen molar-refractivity contribution in [3.8, 4) is 6.07 Å². The molecular weight excluding hydrogens is 437 g/mol. The fourth-order valence-electron chi connectivity index (χ4n) is 5.29. The standard InChI is InChI=1S/C24H30FN7O2/c1-15-6-18-20(10-30(15)12-24(3,13-33)14-34)28-31-16(2)9-29(11-22(18)31)21-5-4-17(7-26)32-23(21)19(25)8-27-32/h4-5,8,15-16,33-34H,6,9-14H2,1-3H3/t15-,16+/m0/s1.